The summed E-state index contributed by atoms with van der Waals surface area (Å²) in [6.07, 6.45) is 9.42. The summed E-state index contributed by atoms with van der Waals surface area (Å²) < 4.78 is 46.7. The van der Waals surface area contributed by atoms with Crippen molar-refractivity contribution in [2.45, 2.75) is 76.5 Å². The van der Waals surface area contributed by atoms with E-state index in [1.54, 1.807) is 11.6 Å². The van der Waals surface area contributed by atoms with Crippen LogP contribution in [-0.2, 0) is 36.1 Å². The summed E-state index contributed by atoms with van der Waals surface area (Å²) in [7, 11) is 1.71. The van der Waals surface area contributed by atoms with Crippen LogP contribution in [0.4, 0.5) is 13.2 Å². The highest BCUT2D eigenvalue weighted by Gasteiger charge is 2.32. The minimum absolute atomic E-state index is 0.113. The number of hydrogen-bond acceptors (Lipinski definition) is 8. The fourth-order valence-corrected chi connectivity index (χ4v) is 9.04. The number of halogens is 3. The highest BCUT2D eigenvalue weighted by atomic mass is 19.2. The molecule has 3 aliphatic rings. The van der Waals surface area contributed by atoms with Gasteiger partial charge in [0.15, 0.2) is 17.4 Å². The van der Waals surface area contributed by atoms with E-state index in [9.17, 15) is 37.5 Å². The monoisotopic (exact) mass is 820 g/mol. The van der Waals surface area contributed by atoms with E-state index >= 15 is 0 Å². The number of carbonyl (C=O) groups excluding carboxylic acids is 3. The SMILES string of the molecule is Cn1c(=O)n(C2CCC(=O)NC2=O)c2ccc(CCCN3Cc4cc(-c5ccc6cn(C7CCC(CNC(=O)c8cc(F)c(O)c(F)c8F)CC7)nc6c5)cnc4C3)cc21. The molecular formula is C44H43F3N8O5. The largest absolute Gasteiger partial charge is 0.503 e. The molecule has 3 aromatic carbocycles. The fraction of sp³-hybridized carbons (Fsp3) is 0.364. The van der Waals surface area contributed by atoms with Gasteiger partial charge in [0.25, 0.3) is 5.91 Å². The highest BCUT2D eigenvalue weighted by Crippen LogP contribution is 2.34. The quantitative estimate of drug-likeness (QED) is 0.113. The van der Waals surface area contributed by atoms with E-state index in [1.165, 1.54) is 10.1 Å². The van der Waals surface area contributed by atoms with E-state index in [4.69, 9.17) is 10.1 Å². The van der Waals surface area contributed by atoms with Crippen molar-refractivity contribution < 1.29 is 32.7 Å². The van der Waals surface area contributed by atoms with Gasteiger partial charge in [-0.2, -0.15) is 9.49 Å². The summed E-state index contributed by atoms with van der Waals surface area (Å²) in [5.41, 5.74) is 6.69. The molecule has 5 heterocycles. The van der Waals surface area contributed by atoms with Gasteiger partial charge >= 0.3 is 5.69 Å². The summed E-state index contributed by atoms with van der Waals surface area (Å²) in [5.74, 6) is -7.80. The number of phenolic OH excluding ortho intramolecular Hbond substituents is 1. The standard InChI is InChI=1S/C44H43F3N8O5/c1-52-37-15-24(6-11-35(37)55(44(52)60)36-12-13-38(56)50-43(36)59)3-2-14-53-21-29-16-28(20-48-34(29)23-53)26-7-8-27-22-54(51-33(27)17-26)30-9-4-25(5-10-30)19-49-42(58)31-18-32(45)41(57)40(47)39(31)46/h6-8,11,15-18,20,22,25,30,36,57H,2-5,9-10,12-14,19,21,23H2,1H3,(H,49,58)(H,50,56,59). The predicted molar refractivity (Wildman–Crippen MR) is 215 cm³/mol. The number of fused-ring (bicyclic) bond motifs is 3. The molecule has 310 valence electrons. The zero-order valence-corrected chi connectivity index (χ0v) is 32.9. The maximum Gasteiger partial charge on any atom is 0.329 e. The first-order valence-electron chi connectivity index (χ1n) is 20.3. The Hall–Kier alpha value is -6.29. The maximum atomic E-state index is 14.2. The third kappa shape index (κ3) is 7.33. The summed E-state index contributed by atoms with van der Waals surface area (Å²) in [4.78, 5) is 57.1. The molecule has 1 atom stereocenters. The molecule has 9 rings (SSSR count). The van der Waals surface area contributed by atoms with Gasteiger partial charge in [-0.1, -0.05) is 18.2 Å². The van der Waals surface area contributed by atoms with Gasteiger partial charge in [0.1, 0.15) is 6.04 Å². The van der Waals surface area contributed by atoms with Crippen LogP contribution >= 0.6 is 0 Å². The first-order chi connectivity index (χ1) is 28.9. The van der Waals surface area contributed by atoms with Gasteiger partial charge in [-0.3, -0.25) is 43.4 Å². The van der Waals surface area contributed by atoms with Crippen LogP contribution in [0.5, 0.6) is 5.75 Å². The number of aromatic nitrogens is 5. The molecule has 3 aromatic heterocycles. The molecule has 3 N–H and O–H groups in total. The van der Waals surface area contributed by atoms with Gasteiger partial charge < -0.3 is 10.4 Å². The van der Waals surface area contributed by atoms with Crippen molar-refractivity contribution in [2.24, 2.45) is 13.0 Å². The second kappa shape index (κ2) is 15.7. The van der Waals surface area contributed by atoms with Crippen molar-refractivity contribution in [1.29, 1.82) is 0 Å². The van der Waals surface area contributed by atoms with Gasteiger partial charge in [-0.05, 0) is 104 Å². The van der Waals surface area contributed by atoms with Gasteiger partial charge in [-0.25, -0.2) is 13.6 Å². The van der Waals surface area contributed by atoms with E-state index in [0.717, 1.165) is 97.0 Å². The molecule has 13 nitrogen and oxygen atoms in total. The van der Waals surface area contributed by atoms with Gasteiger partial charge in [0, 0.05) is 56.4 Å². The Morgan fingerprint density at radius 1 is 0.933 bits per heavy atom. The minimum atomic E-state index is -1.79. The number of phenols is 1. The first-order valence-corrected chi connectivity index (χ1v) is 20.3. The molecule has 0 bridgehead atoms. The van der Waals surface area contributed by atoms with E-state index in [0.29, 0.717) is 18.0 Å². The Bertz CT molecular complexity index is 2770. The van der Waals surface area contributed by atoms with Crippen LogP contribution in [0.1, 0.15) is 84.2 Å². The van der Waals surface area contributed by atoms with Crippen LogP contribution in [-0.4, -0.2) is 64.7 Å². The smallest absolute Gasteiger partial charge is 0.329 e. The van der Waals surface area contributed by atoms with Crippen LogP contribution < -0.4 is 16.3 Å². The second-order valence-corrected chi connectivity index (χ2v) is 16.3. The second-order valence-electron chi connectivity index (χ2n) is 16.3. The minimum Gasteiger partial charge on any atom is -0.503 e. The number of imide groups is 1. The zero-order chi connectivity index (χ0) is 41.8. The van der Waals surface area contributed by atoms with Crippen molar-refractivity contribution in [2.75, 3.05) is 13.1 Å². The Balaban J connectivity index is 0.782. The third-order valence-corrected chi connectivity index (χ3v) is 12.4. The van der Waals surface area contributed by atoms with Crippen LogP contribution in [0.2, 0.25) is 0 Å². The number of aryl methyl sites for hydroxylation is 2. The number of piperidine rings is 1. The van der Waals surface area contributed by atoms with Gasteiger partial charge in [-0.15, -0.1) is 0 Å². The number of imidazole rings is 1. The topological polar surface area (TPSA) is 156 Å². The van der Waals surface area contributed by atoms with E-state index in [2.05, 4.69) is 46.0 Å². The van der Waals surface area contributed by atoms with Crippen LogP contribution in [0.15, 0.2) is 65.7 Å². The molecule has 6 aromatic rings. The average molecular weight is 821 g/mol. The lowest BCUT2D eigenvalue weighted by Crippen LogP contribution is -2.44. The molecule has 60 heavy (non-hydrogen) atoms. The molecule has 2 fully saturated rings. The number of pyridine rings is 1. The van der Waals surface area contributed by atoms with Crippen LogP contribution in [0.3, 0.4) is 0 Å². The Morgan fingerprint density at radius 2 is 1.75 bits per heavy atom. The number of nitrogens with zero attached hydrogens (tertiary/aromatic N) is 6. The summed E-state index contributed by atoms with van der Waals surface area (Å²) >= 11 is 0. The Kier molecular flexibility index (Phi) is 10.3. The molecule has 1 saturated carbocycles. The zero-order valence-electron chi connectivity index (χ0n) is 32.9. The van der Waals surface area contributed by atoms with Crippen LogP contribution in [0, 0.1) is 23.4 Å². The first kappa shape index (κ1) is 39.2. The van der Waals surface area contributed by atoms with Gasteiger partial charge in [0.2, 0.25) is 17.6 Å². The third-order valence-electron chi connectivity index (χ3n) is 12.4. The van der Waals surface area contributed by atoms with Crippen molar-refractivity contribution in [3.05, 3.63) is 111 Å². The summed E-state index contributed by atoms with van der Waals surface area (Å²) in [6.45, 7) is 2.68. The Morgan fingerprint density at radius 3 is 2.55 bits per heavy atom. The molecule has 1 unspecified atom stereocenters. The predicted octanol–water partition coefficient (Wildman–Crippen LogP) is 5.96. The average Bonchev–Trinajstić information content (AvgIpc) is 3.93. The number of hydrogen-bond donors (Lipinski definition) is 3. The molecule has 0 radical (unpaired) electrons. The lowest BCUT2D eigenvalue weighted by atomic mass is 9.86. The number of benzene rings is 3. The van der Waals surface area contributed by atoms with Crippen molar-refractivity contribution in [1.82, 2.24) is 39.4 Å². The van der Waals surface area contributed by atoms with Crippen molar-refractivity contribution in [3.63, 3.8) is 0 Å². The van der Waals surface area contributed by atoms with Crippen LogP contribution in [0.25, 0.3) is 33.1 Å². The Labute approximate surface area is 341 Å². The number of aromatic hydroxyl groups is 1. The lowest BCUT2D eigenvalue weighted by molar-refractivity contribution is -0.135. The fourth-order valence-electron chi connectivity index (χ4n) is 9.04. The number of amides is 3. The molecular weight excluding hydrogens is 778 g/mol. The van der Waals surface area contributed by atoms with E-state index < -0.39 is 46.6 Å². The lowest BCUT2D eigenvalue weighted by Gasteiger charge is -2.28. The molecule has 0 spiro atoms. The van der Waals surface area contributed by atoms with E-state index in [1.807, 2.05) is 29.1 Å². The molecule has 1 aliphatic carbocycles. The van der Waals surface area contributed by atoms with Crippen molar-refractivity contribution in [3.8, 4) is 16.9 Å². The summed E-state index contributed by atoms with van der Waals surface area (Å²) in [5, 5.41) is 20.1. The normalized spacial score (nSPS) is 19.6. The maximum absolute atomic E-state index is 14.2. The number of nitrogens with one attached hydrogen (secondary N) is 2. The molecule has 2 aliphatic heterocycles. The molecule has 3 amide bonds. The molecule has 1 saturated heterocycles. The van der Waals surface area contributed by atoms with Crippen molar-refractivity contribution >= 4 is 39.7 Å². The summed E-state index contributed by atoms with van der Waals surface area (Å²) in [6, 6.07) is 14.3. The van der Waals surface area contributed by atoms with E-state index in [-0.39, 0.29) is 36.5 Å². The number of rotatable bonds is 10. The number of carbonyl (C=O) groups is 3. The highest BCUT2D eigenvalue weighted by molar-refractivity contribution is 6.00. The molecule has 16 heteroatoms. The van der Waals surface area contributed by atoms with Gasteiger partial charge in [0.05, 0.1) is 33.8 Å².